The molecule has 31 heavy (non-hydrogen) atoms. The Morgan fingerprint density at radius 2 is 2.06 bits per heavy atom. The van der Waals surface area contributed by atoms with Crippen LogP contribution in [0.1, 0.15) is 23.1 Å². The Hall–Kier alpha value is -3.22. The molecule has 0 aliphatic carbocycles. The van der Waals surface area contributed by atoms with Crippen LogP contribution in [0.25, 0.3) is 6.08 Å². The van der Waals surface area contributed by atoms with Gasteiger partial charge in [-0.1, -0.05) is 58.5 Å². The molecule has 0 saturated carbocycles. The molecule has 2 aromatic carbocycles. The van der Waals surface area contributed by atoms with E-state index in [0.717, 1.165) is 21.5 Å². The maximum atomic E-state index is 12.4. The van der Waals surface area contributed by atoms with Crippen LogP contribution in [0, 0.1) is 11.3 Å². The van der Waals surface area contributed by atoms with E-state index < -0.39 is 5.91 Å². The van der Waals surface area contributed by atoms with Crippen molar-refractivity contribution in [1.29, 1.82) is 5.26 Å². The molecule has 9 heteroatoms. The van der Waals surface area contributed by atoms with Crippen LogP contribution in [-0.4, -0.2) is 23.2 Å². The van der Waals surface area contributed by atoms with E-state index in [1.807, 2.05) is 37.3 Å². The summed E-state index contributed by atoms with van der Waals surface area (Å²) in [5.41, 5.74) is 1.57. The number of halogens is 1. The van der Waals surface area contributed by atoms with Crippen molar-refractivity contribution in [2.75, 3.05) is 12.4 Å². The van der Waals surface area contributed by atoms with Crippen molar-refractivity contribution in [2.45, 2.75) is 20.0 Å². The number of nitrogens with one attached hydrogen (secondary N) is 1. The quantitative estimate of drug-likeness (QED) is 0.346. The number of hydrogen-bond donors (Lipinski definition) is 1. The Kier molecular flexibility index (Phi) is 7.76. The smallest absolute Gasteiger partial charge is 0.268 e. The van der Waals surface area contributed by atoms with Gasteiger partial charge in [0, 0.05) is 10.0 Å². The van der Waals surface area contributed by atoms with Crippen molar-refractivity contribution < 1.29 is 14.3 Å². The van der Waals surface area contributed by atoms with E-state index in [1.165, 1.54) is 24.5 Å². The van der Waals surface area contributed by atoms with Gasteiger partial charge in [-0.3, -0.25) is 10.1 Å². The van der Waals surface area contributed by atoms with Crippen molar-refractivity contribution >= 4 is 44.4 Å². The van der Waals surface area contributed by atoms with Crippen LogP contribution < -0.4 is 14.8 Å². The number of aryl methyl sites for hydroxylation is 1. The highest BCUT2D eigenvalue weighted by Crippen LogP contribution is 2.30. The average molecular weight is 499 g/mol. The Bertz CT molecular complexity index is 1150. The molecule has 0 fully saturated rings. The number of rotatable bonds is 8. The van der Waals surface area contributed by atoms with Crippen LogP contribution in [0.2, 0.25) is 0 Å². The first-order valence-electron chi connectivity index (χ1n) is 9.33. The average Bonchev–Trinajstić information content (AvgIpc) is 3.24. The summed E-state index contributed by atoms with van der Waals surface area (Å²) in [5, 5.41) is 21.1. The third kappa shape index (κ3) is 5.90. The minimum absolute atomic E-state index is 0.0582. The van der Waals surface area contributed by atoms with Crippen LogP contribution >= 0.6 is 27.3 Å². The molecule has 1 heterocycles. The van der Waals surface area contributed by atoms with Gasteiger partial charge in [0.05, 0.1) is 7.11 Å². The van der Waals surface area contributed by atoms with Gasteiger partial charge in [0.1, 0.15) is 23.3 Å². The fourth-order valence-corrected chi connectivity index (χ4v) is 3.66. The van der Waals surface area contributed by atoms with Gasteiger partial charge < -0.3 is 9.47 Å². The number of carbonyl (C=O) groups is 1. The maximum absolute atomic E-state index is 12.4. The van der Waals surface area contributed by atoms with Gasteiger partial charge >= 0.3 is 0 Å². The number of methoxy groups -OCH3 is 1. The summed E-state index contributed by atoms with van der Waals surface area (Å²) >= 11 is 4.78. The lowest BCUT2D eigenvalue weighted by molar-refractivity contribution is -0.112. The van der Waals surface area contributed by atoms with Crippen LogP contribution in [-0.2, 0) is 17.8 Å². The second-order valence-electron chi connectivity index (χ2n) is 6.27. The molecule has 3 rings (SSSR count). The van der Waals surface area contributed by atoms with Gasteiger partial charge in [0.2, 0.25) is 5.13 Å². The normalized spacial score (nSPS) is 11.0. The van der Waals surface area contributed by atoms with Gasteiger partial charge in [-0.2, -0.15) is 5.26 Å². The largest absolute Gasteiger partial charge is 0.493 e. The Morgan fingerprint density at radius 3 is 2.74 bits per heavy atom. The molecule has 3 aromatic rings. The molecule has 0 unspecified atom stereocenters. The lowest BCUT2D eigenvalue weighted by Crippen LogP contribution is -2.13. The molecule has 0 atom stereocenters. The molecule has 158 valence electrons. The van der Waals surface area contributed by atoms with E-state index in [9.17, 15) is 10.1 Å². The molecule has 0 saturated heterocycles. The number of carbonyl (C=O) groups excluding carboxylic acids is 1. The first-order chi connectivity index (χ1) is 15.0. The Labute approximate surface area is 192 Å². The van der Waals surface area contributed by atoms with E-state index in [0.29, 0.717) is 28.8 Å². The van der Waals surface area contributed by atoms with Gasteiger partial charge in [-0.25, -0.2) is 0 Å². The summed E-state index contributed by atoms with van der Waals surface area (Å²) in [6.45, 7) is 2.31. The molecule has 0 bridgehead atoms. The van der Waals surface area contributed by atoms with Crippen molar-refractivity contribution in [2.24, 2.45) is 0 Å². The van der Waals surface area contributed by atoms with Crippen LogP contribution in [0.15, 0.2) is 52.5 Å². The van der Waals surface area contributed by atoms with E-state index in [1.54, 1.807) is 18.2 Å². The first-order valence-corrected chi connectivity index (χ1v) is 10.9. The number of aromatic nitrogens is 2. The maximum Gasteiger partial charge on any atom is 0.268 e. The highest BCUT2D eigenvalue weighted by molar-refractivity contribution is 9.10. The molecule has 1 amide bonds. The monoisotopic (exact) mass is 498 g/mol. The summed E-state index contributed by atoms with van der Waals surface area (Å²) in [4.78, 5) is 12.4. The van der Waals surface area contributed by atoms with Crippen molar-refractivity contribution in [3.63, 3.8) is 0 Å². The summed E-state index contributed by atoms with van der Waals surface area (Å²) in [7, 11) is 1.53. The topological polar surface area (TPSA) is 97.1 Å². The number of ether oxygens (including phenoxy) is 2. The first kappa shape index (κ1) is 22.5. The zero-order chi connectivity index (χ0) is 22.2. The van der Waals surface area contributed by atoms with E-state index in [4.69, 9.17) is 9.47 Å². The molecular weight excluding hydrogens is 480 g/mol. The zero-order valence-electron chi connectivity index (χ0n) is 16.9. The van der Waals surface area contributed by atoms with E-state index >= 15 is 0 Å². The minimum atomic E-state index is -0.547. The third-order valence-corrected chi connectivity index (χ3v) is 5.95. The highest BCUT2D eigenvalue weighted by atomic mass is 79.9. The fourth-order valence-electron chi connectivity index (χ4n) is 2.59. The van der Waals surface area contributed by atoms with Crippen LogP contribution in [0.4, 0.5) is 5.13 Å². The van der Waals surface area contributed by atoms with Crippen LogP contribution in [0.5, 0.6) is 11.5 Å². The predicted octanol–water partition coefficient (Wildman–Crippen LogP) is 5.00. The molecule has 0 aliphatic rings. The second kappa shape index (κ2) is 10.7. The molecular formula is C22H19BrN4O3S. The Balaban J connectivity index is 1.75. The van der Waals surface area contributed by atoms with E-state index in [2.05, 4.69) is 31.4 Å². The Morgan fingerprint density at radius 1 is 1.26 bits per heavy atom. The van der Waals surface area contributed by atoms with Gasteiger partial charge in [0.15, 0.2) is 11.5 Å². The fraction of sp³-hybridized carbons (Fsp3) is 0.182. The molecule has 0 radical (unpaired) electrons. The SMILES string of the molecule is CCc1nnc(NC(=O)/C(C#N)=C/c2ccc(OCc3ccccc3Br)c(OC)c2)s1. The number of nitriles is 1. The van der Waals surface area contributed by atoms with Crippen LogP contribution in [0.3, 0.4) is 0 Å². The van der Waals surface area contributed by atoms with Crippen molar-refractivity contribution in [1.82, 2.24) is 10.2 Å². The molecule has 7 nitrogen and oxygen atoms in total. The number of anilines is 1. The summed E-state index contributed by atoms with van der Waals surface area (Å²) < 4.78 is 12.3. The van der Waals surface area contributed by atoms with Crippen molar-refractivity contribution in [3.05, 3.63) is 68.6 Å². The zero-order valence-corrected chi connectivity index (χ0v) is 19.3. The predicted molar refractivity (Wildman–Crippen MR) is 123 cm³/mol. The van der Waals surface area contributed by atoms with Gasteiger partial charge in [-0.05, 0) is 36.3 Å². The summed E-state index contributed by atoms with van der Waals surface area (Å²) in [5.74, 6) is 0.504. The van der Waals surface area contributed by atoms with Crippen molar-refractivity contribution in [3.8, 4) is 17.6 Å². The lowest BCUT2D eigenvalue weighted by Gasteiger charge is -2.12. The number of amides is 1. The standard InChI is InChI=1S/C22H19BrN4O3S/c1-3-20-26-27-22(31-20)25-21(28)16(12-24)10-14-8-9-18(19(11-14)29-2)30-13-15-6-4-5-7-17(15)23/h4-11H,3,13H2,1-2H3,(H,25,27,28)/b16-10+. The molecule has 1 N–H and O–H groups in total. The van der Waals surface area contributed by atoms with E-state index in [-0.39, 0.29) is 5.57 Å². The van der Waals surface area contributed by atoms with Gasteiger partial charge in [0.25, 0.3) is 5.91 Å². The number of hydrogen-bond acceptors (Lipinski definition) is 7. The molecule has 0 spiro atoms. The summed E-state index contributed by atoms with van der Waals surface area (Å²) in [6, 6.07) is 14.9. The number of benzene rings is 2. The van der Waals surface area contributed by atoms with Gasteiger partial charge in [-0.15, -0.1) is 10.2 Å². The molecule has 0 aliphatic heterocycles. The lowest BCUT2D eigenvalue weighted by atomic mass is 10.1. The number of nitrogens with zero attached hydrogens (tertiary/aromatic N) is 3. The highest BCUT2D eigenvalue weighted by Gasteiger charge is 2.14. The third-order valence-electron chi connectivity index (χ3n) is 4.19. The summed E-state index contributed by atoms with van der Waals surface area (Å²) in [6.07, 6.45) is 2.21. The second-order valence-corrected chi connectivity index (χ2v) is 8.19. The minimum Gasteiger partial charge on any atom is -0.493 e. The molecule has 1 aromatic heterocycles.